The van der Waals surface area contributed by atoms with E-state index >= 15 is 0 Å². The van der Waals surface area contributed by atoms with Crippen molar-refractivity contribution in [2.75, 3.05) is 66.3 Å². The van der Waals surface area contributed by atoms with E-state index in [0.29, 0.717) is 65.7 Å². The number of amides is 3. The Morgan fingerprint density at radius 2 is 1.76 bits per heavy atom. The molecule has 3 N–H and O–H groups in total. The number of nitrogens with one attached hydrogen (secondary N) is 1. The Morgan fingerprint density at radius 3 is 2.45 bits per heavy atom. The van der Waals surface area contributed by atoms with Crippen LogP contribution in [0.15, 0.2) is 18.2 Å². The van der Waals surface area contributed by atoms with Crippen molar-refractivity contribution in [1.29, 1.82) is 0 Å². The van der Waals surface area contributed by atoms with Crippen LogP contribution in [-0.4, -0.2) is 123 Å². The molecule has 2 aliphatic heterocycles. The molecule has 2 aromatic rings. The second-order valence-electron chi connectivity index (χ2n) is 15.0. The van der Waals surface area contributed by atoms with Crippen LogP contribution in [0.4, 0.5) is 4.79 Å². The van der Waals surface area contributed by atoms with E-state index in [1.165, 1.54) is 11.3 Å². The van der Waals surface area contributed by atoms with E-state index in [1.54, 1.807) is 19.2 Å². The molecule has 6 rings (SSSR count). The molecule has 1 aromatic carbocycles. The number of methoxy groups -OCH3 is 1. The number of aromatic nitrogens is 1. The number of benzene rings is 1. The molecule has 2 saturated carbocycles. The van der Waals surface area contributed by atoms with Crippen LogP contribution >= 0.6 is 11.6 Å². The lowest BCUT2D eigenvalue weighted by Gasteiger charge is -2.35. The molecule has 14 nitrogen and oxygen atoms in total. The number of fused-ring (bicyclic) bond motifs is 2. The van der Waals surface area contributed by atoms with Crippen molar-refractivity contribution in [1.82, 2.24) is 20.1 Å². The van der Waals surface area contributed by atoms with Gasteiger partial charge in [-0.2, -0.15) is 0 Å². The average Bonchev–Trinajstić information content (AvgIpc) is 3.47. The van der Waals surface area contributed by atoms with E-state index in [9.17, 15) is 14.4 Å². The topological polar surface area (TPSA) is 164 Å². The molecule has 3 amide bonds. The number of likely N-dealkylation sites (tertiary alicyclic amines) is 1. The zero-order valence-electron chi connectivity index (χ0n) is 29.9. The van der Waals surface area contributed by atoms with Gasteiger partial charge in [-0.3, -0.25) is 14.5 Å². The number of nitrogens with zero attached hydrogens (tertiary/aromatic N) is 3. The van der Waals surface area contributed by atoms with Crippen molar-refractivity contribution in [2.24, 2.45) is 23.0 Å². The maximum atomic E-state index is 14.1. The summed E-state index contributed by atoms with van der Waals surface area (Å²) in [5, 5.41) is 3.70. The first-order valence-corrected chi connectivity index (χ1v) is 18.2. The van der Waals surface area contributed by atoms with Gasteiger partial charge >= 0.3 is 6.09 Å². The predicted octanol–water partition coefficient (Wildman–Crippen LogP) is 3.40. The van der Waals surface area contributed by atoms with Crippen molar-refractivity contribution in [3.63, 3.8) is 0 Å². The Labute approximate surface area is 303 Å². The highest BCUT2D eigenvalue weighted by atomic mass is 35.5. The van der Waals surface area contributed by atoms with E-state index in [4.69, 9.17) is 45.8 Å². The smallest absolute Gasteiger partial charge is 0.408 e. The molecule has 2 saturated heterocycles. The molecule has 280 valence electrons. The molecule has 4 fully saturated rings. The number of primary amides is 1. The maximum Gasteiger partial charge on any atom is 0.408 e. The van der Waals surface area contributed by atoms with Gasteiger partial charge in [0.2, 0.25) is 17.7 Å². The van der Waals surface area contributed by atoms with E-state index < -0.39 is 41.5 Å². The molecule has 0 spiro atoms. The third-order valence-electron chi connectivity index (χ3n) is 10.1. The van der Waals surface area contributed by atoms with E-state index in [0.717, 1.165) is 32.5 Å². The highest BCUT2D eigenvalue weighted by Crippen LogP contribution is 2.52. The van der Waals surface area contributed by atoms with Crippen molar-refractivity contribution in [2.45, 2.75) is 70.7 Å². The highest BCUT2D eigenvalue weighted by molar-refractivity contribution is 6.36. The van der Waals surface area contributed by atoms with Gasteiger partial charge < -0.3 is 44.4 Å². The normalized spacial score (nSPS) is 25.3. The summed E-state index contributed by atoms with van der Waals surface area (Å²) in [4.78, 5) is 48.2. The average molecular weight is 732 g/mol. The summed E-state index contributed by atoms with van der Waals surface area (Å²) < 4.78 is 34.7. The fourth-order valence-electron chi connectivity index (χ4n) is 7.26. The summed E-state index contributed by atoms with van der Waals surface area (Å²) in [5.41, 5.74) is 5.57. The molecule has 0 radical (unpaired) electrons. The molecule has 2 aliphatic carbocycles. The molecular weight excluding hydrogens is 682 g/mol. The summed E-state index contributed by atoms with van der Waals surface area (Å²) in [6.07, 6.45) is 1.67. The van der Waals surface area contributed by atoms with Gasteiger partial charge in [0, 0.05) is 44.6 Å². The minimum absolute atomic E-state index is 0.0574. The molecule has 0 bridgehead atoms. The minimum Gasteiger partial charge on any atom is -0.491 e. The van der Waals surface area contributed by atoms with Gasteiger partial charge in [-0.05, 0) is 48.6 Å². The van der Waals surface area contributed by atoms with Crippen LogP contribution in [0.3, 0.4) is 0 Å². The van der Waals surface area contributed by atoms with Crippen LogP contribution in [0.25, 0.3) is 10.9 Å². The lowest BCUT2D eigenvalue weighted by atomic mass is 9.85. The molecule has 6 atom stereocenters. The van der Waals surface area contributed by atoms with Crippen LogP contribution in [0, 0.1) is 17.3 Å². The third kappa shape index (κ3) is 9.08. The standard InChI is InChI=1S/C36H50ClN5O9/c1-36(2,3)32(40-35(45)51-23-16-21-15-22(21)17-23)34(44)42-20-24(18-26(42)33(38)43)50-28-19-29(49-14-13-46-4)39-31-25(28)5-6-27(30(31)37)48-12-9-41-7-10-47-11-8-41/h5-6,19,21-24,26,32H,7-18,20H2,1-4H3,(H2,38,43)(H,40,45)/t21-,22+,23+,24?,26-,32+/m0/s1. The zero-order valence-corrected chi connectivity index (χ0v) is 30.6. The Kier molecular flexibility index (Phi) is 11.6. The number of carbonyl (C=O) groups excluding carboxylic acids is 3. The van der Waals surface area contributed by atoms with Crippen LogP contribution in [0.5, 0.6) is 17.4 Å². The number of halogens is 1. The van der Waals surface area contributed by atoms with E-state index in [1.807, 2.05) is 26.8 Å². The number of hydrogen-bond donors (Lipinski definition) is 2. The minimum atomic E-state index is -0.968. The maximum absolute atomic E-state index is 14.1. The van der Waals surface area contributed by atoms with E-state index in [2.05, 4.69) is 15.2 Å². The number of carbonyl (C=O) groups is 3. The third-order valence-corrected chi connectivity index (χ3v) is 10.5. The number of pyridine rings is 1. The van der Waals surface area contributed by atoms with Crippen LogP contribution in [-0.2, 0) is 23.8 Å². The fraction of sp³-hybridized carbons (Fsp3) is 0.667. The summed E-state index contributed by atoms with van der Waals surface area (Å²) in [7, 11) is 1.58. The molecule has 3 heterocycles. The molecule has 1 aromatic heterocycles. The van der Waals surface area contributed by atoms with Crippen molar-refractivity contribution >= 4 is 40.4 Å². The first-order chi connectivity index (χ1) is 24.4. The Balaban J connectivity index is 1.19. The molecule has 1 unspecified atom stereocenters. The van der Waals surface area contributed by atoms with Gasteiger partial charge in [-0.25, -0.2) is 9.78 Å². The first kappa shape index (κ1) is 37.2. The van der Waals surface area contributed by atoms with Crippen molar-refractivity contribution in [3.8, 4) is 17.4 Å². The second-order valence-corrected chi connectivity index (χ2v) is 15.3. The predicted molar refractivity (Wildman–Crippen MR) is 188 cm³/mol. The number of rotatable bonds is 14. The van der Waals surface area contributed by atoms with Crippen molar-refractivity contribution in [3.05, 3.63) is 23.2 Å². The number of alkyl carbamates (subject to hydrolysis) is 1. The Morgan fingerprint density at radius 1 is 1.02 bits per heavy atom. The number of nitrogens with two attached hydrogens (primary N) is 1. The molecule has 15 heteroatoms. The van der Waals surface area contributed by atoms with Gasteiger partial charge in [-0.15, -0.1) is 0 Å². The lowest BCUT2D eigenvalue weighted by Crippen LogP contribution is -2.57. The van der Waals surface area contributed by atoms with Gasteiger partial charge in [-0.1, -0.05) is 32.4 Å². The lowest BCUT2D eigenvalue weighted by molar-refractivity contribution is -0.141. The van der Waals surface area contributed by atoms with Gasteiger partial charge in [0.1, 0.15) is 59.5 Å². The summed E-state index contributed by atoms with van der Waals surface area (Å²) >= 11 is 6.88. The van der Waals surface area contributed by atoms with E-state index in [-0.39, 0.29) is 31.6 Å². The fourth-order valence-corrected chi connectivity index (χ4v) is 7.52. The van der Waals surface area contributed by atoms with Crippen molar-refractivity contribution < 1.29 is 42.8 Å². The zero-order chi connectivity index (χ0) is 36.3. The van der Waals surface area contributed by atoms with Crippen LogP contribution < -0.4 is 25.3 Å². The summed E-state index contributed by atoms with van der Waals surface area (Å²) in [5.74, 6) is 1.31. The molecule has 51 heavy (non-hydrogen) atoms. The first-order valence-electron chi connectivity index (χ1n) is 17.8. The number of ether oxygens (including phenoxy) is 6. The molecule has 4 aliphatic rings. The van der Waals surface area contributed by atoms with Gasteiger partial charge in [0.15, 0.2) is 0 Å². The van der Waals surface area contributed by atoms with Crippen LogP contribution in [0.1, 0.15) is 46.5 Å². The number of hydrogen-bond acceptors (Lipinski definition) is 11. The largest absolute Gasteiger partial charge is 0.491 e. The number of morpholine rings is 1. The summed E-state index contributed by atoms with van der Waals surface area (Å²) in [6, 6.07) is 3.32. The van der Waals surface area contributed by atoms with Crippen LogP contribution in [0.2, 0.25) is 5.02 Å². The second kappa shape index (κ2) is 16.0. The highest BCUT2D eigenvalue weighted by Gasteiger charge is 2.48. The Bertz CT molecular complexity index is 1570. The SMILES string of the molecule is COCCOc1cc(OC2C[C@@H](C(N)=O)N(C(=O)[C@@H](NC(=O)O[C@@H]3C[C@@H]4C[C@@H]4C3)C(C)(C)C)C2)c2ccc(OCCN3CCOCC3)c(Cl)c2n1. The Hall–Kier alpha value is -3.59. The van der Waals surface area contributed by atoms with Gasteiger partial charge in [0.25, 0.3) is 0 Å². The summed E-state index contributed by atoms with van der Waals surface area (Å²) in [6.45, 7) is 10.4. The van der Waals surface area contributed by atoms with Gasteiger partial charge in [0.05, 0.1) is 26.4 Å². The molecular formula is C36H50ClN5O9. The quantitative estimate of drug-likeness (QED) is 0.274. The monoisotopic (exact) mass is 731 g/mol.